The predicted octanol–water partition coefficient (Wildman–Crippen LogP) is 1.82. The quantitative estimate of drug-likeness (QED) is 0.626. The van der Waals surface area contributed by atoms with Crippen molar-refractivity contribution in [3.8, 4) is 5.75 Å². The maximum absolute atomic E-state index is 11.9. The van der Waals surface area contributed by atoms with E-state index in [0.717, 1.165) is 0 Å². The molecular formula is C12H15O7P. The van der Waals surface area contributed by atoms with E-state index in [1.54, 1.807) is 18.2 Å². The van der Waals surface area contributed by atoms with Crippen molar-refractivity contribution in [1.29, 1.82) is 0 Å². The fourth-order valence-electron chi connectivity index (χ4n) is 1.55. The second-order valence-electron chi connectivity index (χ2n) is 4.19. The van der Waals surface area contributed by atoms with Crippen LogP contribution in [0.5, 0.6) is 5.75 Å². The van der Waals surface area contributed by atoms with E-state index in [2.05, 4.69) is 0 Å². The molecule has 1 aromatic carbocycles. The Kier molecular flexibility index (Phi) is 5.73. The monoisotopic (exact) mass is 302 g/mol. The van der Waals surface area contributed by atoms with Gasteiger partial charge in [-0.05, 0) is 18.6 Å². The van der Waals surface area contributed by atoms with Crippen LogP contribution < -0.4 is 4.52 Å². The lowest BCUT2D eigenvalue weighted by molar-refractivity contribution is -0.142. The highest BCUT2D eigenvalue weighted by Crippen LogP contribution is 2.45. The molecular weight excluding hydrogens is 287 g/mol. The number of para-hydroxylation sites is 1. The smallest absolute Gasteiger partial charge is 0.377 e. The Morgan fingerprint density at radius 3 is 2.30 bits per heavy atom. The number of benzene rings is 1. The average molecular weight is 302 g/mol. The molecule has 3 N–H and O–H groups in total. The third-order valence-electron chi connectivity index (χ3n) is 2.50. The van der Waals surface area contributed by atoms with Crippen LogP contribution in [0, 0.1) is 5.92 Å². The van der Waals surface area contributed by atoms with E-state index in [-0.39, 0.29) is 18.6 Å². The van der Waals surface area contributed by atoms with Gasteiger partial charge in [0.15, 0.2) is 0 Å². The Labute approximate surface area is 115 Å². The summed E-state index contributed by atoms with van der Waals surface area (Å²) in [5, 5.41) is 17.5. The molecule has 0 radical (unpaired) electrons. The molecule has 1 aromatic rings. The van der Waals surface area contributed by atoms with Crippen molar-refractivity contribution in [3.05, 3.63) is 30.3 Å². The summed E-state index contributed by atoms with van der Waals surface area (Å²) >= 11 is 0. The summed E-state index contributed by atoms with van der Waals surface area (Å²) in [6.07, 6.45) is -1.25. The van der Waals surface area contributed by atoms with Crippen LogP contribution >= 0.6 is 7.60 Å². The number of carbonyl (C=O) groups is 2. The van der Waals surface area contributed by atoms with E-state index in [0.29, 0.717) is 0 Å². The van der Waals surface area contributed by atoms with Gasteiger partial charge >= 0.3 is 19.5 Å². The minimum Gasteiger partial charge on any atom is -0.481 e. The average Bonchev–Trinajstić information content (AvgIpc) is 2.34. The molecule has 0 fully saturated rings. The van der Waals surface area contributed by atoms with E-state index >= 15 is 0 Å². The van der Waals surface area contributed by atoms with Crippen LogP contribution in [0.15, 0.2) is 30.3 Å². The van der Waals surface area contributed by atoms with Crippen molar-refractivity contribution in [1.82, 2.24) is 0 Å². The van der Waals surface area contributed by atoms with Crippen molar-refractivity contribution in [2.24, 2.45) is 5.92 Å². The second-order valence-corrected chi connectivity index (χ2v) is 6.01. The summed E-state index contributed by atoms with van der Waals surface area (Å²) in [6, 6.07) is 7.84. The fourth-order valence-corrected chi connectivity index (χ4v) is 2.97. The van der Waals surface area contributed by atoms with Gasteiger partial charge in [0.25, 0.3) is 0 Å². The van der Waals surface area contributed by atoms with Crippen molar-refractivity contribution in [2.75, 3.05) is 6.16 Å². The highest BCUT2D eigenvalue weighted by Gasteiger charge is 2.31. The van der Waals surface area contributed by atoms with E-state index in [1.165, 1.54) is 12.1 Å². The molecule has 20 heavy (non-hydrogen) atoms. The minimum absolute atomic E-state index is 0.153. The fraction of sp³-hybridized carbons (Fsp3) is 0.333. The van der Waals surface area contributed by atoms with Gasteiger partial charge in [0, 0.05) is 6.42 Å². The summed E-state index contributed by atoms with van der Waals surface area (Å²) < 4.78 is 16.8. The van der Waals surface area contributed by atoms with Gasteiger partial charge in [-0.1, -0.05) is 18.2 Å². The molecule has 0 bridgehead atoms. The molecule has 1 rings (SSSR count). The summed E-state index contributed by atoms with van der Waals surface area (Å²) in [5.74, 6) is -3.57. The van der Waals surface area contributed by atoms with Gasteiger partial charge in [0.05, 0.1) is 12.1 Å². The lowest BCUT2D eigenvalue weighted by Gasteiger charge is -2.17. The summed E-state index contributed by atoms with van der Waals surface area (Å²) in [4.78, 5) is 31.1. The number of hydrogen-bond donors (Lipinski definition) is 3. The number of carboxylic acid groups (broad SMARTS) is 2. The zero-order valence-electron chi connectivity index (χ0n) is 10.5. The third-order valence-corrected chi connectivity index (χ3v) is 3.90. The second kappa shape index (κ2) is 7.07. The van der Waals surface area contributed by atoms with Crippen LogP contribution in [0.4, 0.5) is 0 Å². The van der Waals surface area contributed by atoms with Gasteiger partial charge in [0.2, 0.25) is 0 Å². The zero-order chi connectivity index (χ0) is 15.2. The van der Waals surface area contributed by atoms with Gasteiger partial charge in [-0.25, -0.2) is 4.57 Å². The number of hydrogen-bond acceptors (Lipinski definition) is 4. The van der Waals surface area contributed by atoms with E-state index < -0.39 is 31.6 Å². The Hall–Kier alpha value is -1.85. The molecule has 8 heteroatoms. The highest BCUT2D eigenvalue weighted by molar-refractivity contribution is 7.53. The van der Waals surface area contributed by atoms with Crippen LogP contribution in [0.3, 0.4) is 0 Å². The molecule has 0 aromatic heterocycles. The molecule has 0 aliphatic rings. The van der Waals surface area contributed by atoms with Crippen molar-refractivity contribution < 1.29 is 33.8 Å². The Morgan fingerprint density at radius 1 is 1.20 bits per heavy atom. The first kappa shape index (κ1) is 16.2. The van der Waals surface area contributed by atoms with E-state index in [1.807, 2.05) is 0 Å². The van der Waals surface area contributed by atoms with Gasteiger partial charge in [-0.3, -0.25) is 9.59 Å². The summed E-state index contributed by atoms with van der Waals surface area (Å²) in [7, 11) is -4.16. The lowest BCUT2D eigenvalue weighted by Crippen LogP contribution is -2.20. The molecule has 0 heterocycles. The van der Waals surface area contributed by atoms with Crippen molar-refractivity contribution in [2.45, 2.75) is 12.8 Å². The Balaban J connectivity index is 2.68. The predicted molar refractivity (Wildman–Crippen MR) is 69.8 cm³/mol. The largest absolute Gasteiger partial charge is 0.481 e. The minimum atomic E-state index is -4.16. The SMILES string of the molecule is O=C(O)CCC(CP(=O)(O)Oc1ccccc1)C(=O)O. The number of carboxylic acids is 2. The third kappa shape index (κ3) is 5.86. The van der Waals surface area contributed by atoms with E-state index in [9.17, 15) is 19.0 Å². The topological polar surface area (TPSA) is 121 Å². The first-order valence-corrected chi connectivity index (χ1v) is 7.57. The molecule has 7 nitrogen and oxygen atoms in total. The molecule has 0 amide bonds. The number of rotatable bonds is 8. The van der Waals surface area contributed by atoms with Crippen molar-refractivity contribution >= 4 is 19.5 Å². The van der Waals surface area contributed by atoms with Crippen LogP contribution in [-0.2, 0) is 14.2 Å². The molecule has 2 unspecified atom stereocenters. The summed E-state index contributed by atoms with van der Waals surface area (Å²) in [5.41, 5.74) is 0. The van der Waals surface area contributed by atoms with Gasteiger partial charge in [0.1, 0.15) is 5.75 Å². The molecule has 110 valence electrons. The molecule has 0 saturated heterocycles. The van der Waals surface area contributed by atoms with Gasteiger partial charge in [-0.2, -0.15) is 0 Å². The highest BCUT2D eigenvalue weighted by atomic mass is 31.2. The number of aliphatic carboxylic acids is 2. The zero-order valence-corrected chi connectivity index (χ0v) is 11.4. The first-order valence-electron chi connectivity index (χ1n) is 5.81. The lowest BCUT2D eigenvalue weighted by atomic mass is 10.1. The van der Waals surface area contributed by atoms with Gasteiger partial charge in [-0.15, -0.1) is 0 Å². The first-order chi connectivity index (χ1) is 9.30. The van der Waals surface area contributed by atoms with Crippen molar-refractivity contribution in [3.63, 3.8) is 0 Å². The van der Waals surface area contributed by atoms with Crippen LogP contribution in [0.1, 0.15) is 12.8 Å². The van der Waals surface area contributed by atoms with Crippen LogP contribution in [0.25, 0.3) is 0 Å². The molecule has 2 atom stereocenters. The Morgan fingerprint density at radius 2 is 1.80 bits per heavy atom. The molecule has 0 saturated carbocycles. The van der Waals surface area contributed by atoms with Gasteiger partial charge < -0.3 is 19.6 Å². The molecule has 0 spiro atoms. The summed E-state index contributed by atoms with van der Waals surface area (Å²) in [6.45, 7) is 0. The normalized spacial score (nSPS) is 15.1. The standard InChI is InChI=1S/C12H15O7P/c13-11(14)7-6-9(12(15)16)8-20(17,18)19-10-4-2-1-3-5-10/h1-5,9H,6-8H2,(H,13,14)(H,15,16)(H,17,18). The molecule has 0 aliphatic heterocycles. The van der Waals surface area contributed by atoms with Crippen LogP contribution in [-0.4, -0.2) is 33.2 Å². The molecule has 0 aliphatic carbocycles. The Bertz CT molecular complexity index is 514. The van der Waals surface area contributed by atoms with Crippen LogP contribution in [0.2, 0.25) is 0 Å². The maximum Gasteiger partial charge on any atom is 0.377 e. The van der Waals surface area contributed by atoms with E-state index in [4.69, 9.17) is 14.7 Å². The maximum atomic E-state index is 11.9.